The van der Waals surface area contributed by atoms with E-state index in [0.717, 1.165) is 17.5 Å². The van der Waals surface area contributed by atoms with Gasteiger partial charge in [0, 0.05) is 6.42 Å². The molecule has 0 aromatic heterocycles. The third-order valence-electron chi connectivity index (χ3n) is 5.12. The molecule has 124 valence electrons. The van der Waals surface area contributed by atoms with Gasteiger partial charge in [0.2, 0.25) is 5.79 Å². The quantitative estimate of drug-likeness (QED) is 0.605. The topological polar surface area (TPSA) is 40.2 Å². The molecule has 3 aliphatic heterocycles. The van der Waals surface area contributed by atoms with Crippen LogP contribution < -0.4 is 0 Å². The first kappa shape index (κ1) is 14.6. The number of ether oxygens (including phenoxy) is 4. The molecule has 3 aliphatic rings. The highest BCUT2D eigenvalue weighted by Gasteiger charge is 2.72. The Bertz CT molecular complexity index is 659. The maximum absolute atomic E-state index is 6.30. The van der Waals surface area contributed by atoms with Crippen molar-refractivity contribution < 1.29 is 18.9 Å². The number of benzene rings is 2. The predicted molar refractivity (Wildman–Crippen MR) is 87.1 cm³/mol. The van der Waals surface area contributed by atoms with E-state index in [9.17, 15) is 0 Å². The molecule has 24 heavy (non-hydrogen) atoms. The monoisotopic (exact) mass is 324 g/mol. The fourth-order valence-corrected chi connectivity index (χ4v) is 3.82. The van der Waals surface area contributed by atoms with E-state index in [4.69, 9.17) is 18.9 Å². The lowest BCUT2D eigenvalue weighted by molar-refractivity contribution is -0.273. The van der Waals surface area contributed by atoms with Gasteiger partial charge in [0.1, 0.15) is 18.3 Å². The maximum atomic E-state index is 6.30. The van der Waals surface area contributed by atoms with Gasteiger partial charge < -0.3 is 18.9 Å². The molecule has 3 heterocycles. The summed E-state index contributed by atoms with van der Waals surface area (Å²) < 4.78 is 24.4. The molecular formula is C20H20O4. The van der Waals surface area contributed by atoms with Gasteiger partial charge in [-0.1, -0.05) is 60.7 Å². The highest BCUT2D eigenvalue weighted by Crippen LogP contribution is 2.54. The van der Waals surface area contributed by atoms with Crippen molar-refractivity contribution in [1.29, 1.82) is 0 Å². The largest absolute Gasteiger partial charge is 0.364 e. The molecule has 2 aromatic carbocycles. The molecule has 0 saturated carbocycles. The van der Waals surface area contributed by atoms with Gasteiger partial charge in [-0.05, 0) is 11.1 Å². The summed E-state index contributed by atoms with van der Waals surface area (Å²) in [5.41, 5.74) is 2.27. The van der Waals surface area contributed by atoms with Gasteiger partial charge >= 0.3 is 0 Å². The number of rotatable bonds is 6. The zero-order valence-corrected chi connectivity index (χ0v) is 13.3. The molecule has 5 rings (SSSR count). The first-order valence-electron chi connectivity index (χ1n) is 8.51. The number of hydrogen-bond donors (Lipinski definition) is 0. The second kappa shape index (κ2) is 5.67. The molecule has 0 N–H and O–H groups in total. The molecule has 2 aromatic rings. The molecule has 0 spiro atoms. The van der Waals surface area contributed by atoms with Gasteiger partial charge in [-0.2, -0.15) is 0 Å². The van der Waals surface area contributed by atoms with Gasteiger partial charge in [-0.15, -0.1) is 0 Å². The van der Waals surface area contributed by atoms with Crippen LogP contribution in [0.2, 0.25) is 0 Å². The zero-order chi connectivity index (χ0) is 16.0. The van der Waals surface area contributed by atoms with Crippen LogP contribution in [0.3, 0.4) is 0 Å². The number of fused-ring (bicyclic) bond motifs is 5. The van der Waals surface area contributed by atoms with E-state index in [1.54, 1.807) is 0 Å². The average Bonchev–Trinajstić information content (AvgIpc) is 3.27. The van der Waals surface area contributed by atoms with Crippen molar-refractivity contribution >= 4 is 0 Å². The molecule has 4 atom stereocenters. The molecule has 3 fully saturated rings. The van der Waals surface area contributed by atoms with E-state index in [1.807, 2.05) is 36.4 Å². The SMILES string of the molecule is c1ccc(COC2(OCc3ccccc3)C[C@@H]3OC2C2O[C@@H]23)cc1. The molecule has 4 nitrogen and oxygen atoms in total. The number of epoxide rings is 1. The normalized spacial score (nSPS) is 31.8. The second-order valence-corrected chi connectivity index (χ2v) is 6.72. The Morgan fingerprint density at radius 3 is 1.88 bits per heavy atom. The van der Waals surface area contributed by atoms with E-state index in [0.29, 0.717) is 13.2 Å². The van der Waals surface area contributed by atoms with Crippen LogP contribution in [0.4, 0.5) is 0 Å². The Morgan fingerprint density at radius 1 is 0.792 bits per heavy atom. The van der Waals surface area contributed by atoms with Crippen LogP contribution in [-0.2, 0) is 32.2 Å². The molecule has 2 unspecified atom stereocenters. The Hall–Kier alpha value is -1.72. The van der Waals surface area contributed by atoms with Gasteiger partial charge in [-0.3, -0.25) is 0 Å². The minimum absolute atomic E-state index is 0.103. The molecule has 4 heteroatoms. The second-order valence-electron chi connectivity index (χ2n) is 6.72. The van der Waals surface area contributed by atoms with Crippen molar-refractivity contribution in [1.82, 2.24) is 0 Å². The van der Waals surface area contributed by atoms with Crippen LogP contribution in [0.15, 0.2) is 60.7 Å². The summed E-state index contributed by atoms with van der Waals surface area (Å²) >= 11 is 0. The third-order valence-corrected chi connectivity index (χ3v) is 5.12. The Kier molecular flexibility index (Phi) is 3.45. The van der Waals surface area contributed by atoms with Crippen LogP contribution in [0.25, 0.3) is 0 Å². The lowest BCUT2D eigenvalue weighted by atomic mass is 9.94. The predicted octanol–water partition coefficient (Wildman–Crippen LogP) is 3.05. The van der Waals surface area contributed by atoms with Crippen LogP contribution in [0, 0.1) is 0 Å². The summed E-state index contributed by atoms with van der Waals surface area (Å²) in [7, 11) is 0. The smallest absolute Gasteiger partial charge is 0.200 e. The first-order chi connectivity index (χ1) is 11.8. The molecule has 0 radical (unpaired) electrons. The fourth-order valence-electron chi connectivity index (χ4n) is 3.82. The van der Waals surface area contributed by atoms with E-state index in [-0.39, 0.29) is 24.4 Å². The summed E-state index contributed by atoms with van der Waals surface area (Å²) in [5.74, 6) is -0.714. The van der Waals surface area contributed by atoms with Gasteiger partial charge in [0.05, 0.1) is 19.3 Å². The summed E-state index contributed by atoms with van der Waals surface area (Å²) in [6, 6.07) is 20.4. The third kappa shape index (κ3) is 2.47. The summed E-state index contributed by atoms with van der Waals surface area (Å²) in [6.45, 7) is 1.03. The molecule has 0 aliphatic carbocycles. The molecular weight excluding hydrogens is 304 g/mol. The van der Waals surface area contributed by atoms with E-state index >= 15 is 0 Å². The van der Waals surface area contributed by atoms with Crippen molar-refractivity contribution in [3.05, 3.63) is 71.8 Å². The van der Waals surface area contributed by atoms with Crippen molar-refractivity contribution in [2.45, 2.75) is 49.8 Å². The molecule has 2 bridgehead atoms. The fraction of sp³-hybridized carbons (Fsp3) is 0.400. The van der Waals surface area contributed by atoms with E-state index < -0.39 is 5.79 Å². The van der Waals surface area contributed by atoms with Gasteiger partial charge in [-0.25, -0.2) is 0 Å². The summed E-state index contributed by atoms with van der Waals surface area (Å²) in [5, 5.41) is 0. The van der Waals surface area contributed by atoms with Crippen molar-refractivity contribution in [2.24, 2.45) is 0 Å². The Labute approximate surface area is 141 Å². The standard InChI is InChI=1S/C20H20O4/c1-3-7-14(8-4-1)12-21-20(22-13-15-9-5-2-6-10-15)11-16-17-18(24-17)19(20)23-16/h1-10,16-19H,11-13H2/t16-,17+,18?,19?/m0/s1. The van der Waals surface area contributed by atoms with Crippen molar-refractivity contribution in [3.8, 4) is 0 Å². The average molecular weight is 324 g/mol. The summed E-state index contributed by atoms with van der Waals surface area (Å²) in [4.78, 5) is 0. The zero-order valence-electron chi connectivity index (χ0n) is 13.3. The lowest BCUT2D eigenvalue weighted by Gasteiger charge is -2.34. The molecule has 3 saturated heterocycles. The van der Waals surface area contributed by atoms with Gasteiger partial charge in [0.15, 0.2) is 0 Å². The van der Waals surface area contributed by atoms with Crippen LogP contribution >= 0.6 is 0 Å². The van der Waals surface area contributed by atoms with Crippen LogP contribution in [0.1, 0.15) is 17.5 Å². The highest BCUT2D eigenvalue weighted by molar-refractivity contribution is 5.18. The summed E-state index contributed by atoms with van der Waals surface area (Å²) in [6.07, 6.45) is 1.10. The van der Waals surface area contributed by atoms with Crippen LogP contribution in [0.5, 0.6) is 0 Å². The van der Waals surface area contributed by atoms with Gasteiger partial charge in [0.25, 0.3) is 0 Å². The Balaban J connectivity index is 1.33. The minimum atomic E-state index is -0.714. The van der Waals surface area contributed by atoms with Crippen LogP contribution in [-0.4, -0.2) is 30.2 Å². The molecule has 0 amide bonds. The highest BCUT2D eigenvalue weighted by atomic mass is 16.8. The lowest BCUT2D eigenvalue weighted by Crippen LogP contribution is -2.48. The minimum Gasteiger partial charge on any atom is -0.364 e. The van der Waals surface area contributed by atoms with Crippen molar-refractivity contribution in [2.75, 3.05) is 0 Å². The van der Waals surface area contributed by atoms with Crippen molar-refractivity contribution in [3.63, 3.8) is 0 Å². The first-order valence-corrected chi connectivity index (χ1v) is 8.51. The Morgan fingerprint density at radius 2 is 1.38 bits per heavy atom. The van der Waals surface area contributed by atoms with E-state index in [2.05, 4.69) is 24.3 Å². The van der Waals surface area contributed by atoms with E-state index in [1.165, 1.54) is 0 Å². The number of hydrogen-bond acceptors (Lipinski definition) is 4. The maximum Gasteiger partial charge on any atom is 0.200 e.